The van der Waals surface area contributed by atoms with E-state index in [2.05, 4.69) is 43.5 Å². The van der Waals surface area contributed by atoms with Gasteiger partial charge < -0.3 is 28.8 Å². The Balaban J connectivity index is 4.48. The number of quaternary nitrogens is 1. The van der Waals surface area contributed by atoms with Crippen molar-refractivity contribution in [1.29, 1.82) is 0 Å². The van der Waals surface area contributed by atoms with E-state index in [1.165, 1.54) is 135 Å². The van der Waals surface area contributed by atoms with Crippen molar-refractivity contribution in [2.45, 2.75) is 212 Å². The maximum absolute atomic E-state index is 12.8. The molecule has 55 heavy (non-hydrogen) atoms. The summed E-state index contributed by atoms with van der Waals surface area (Å²) in [6.07, 6.45) is 46.2. The lowest BCUT2D eigenvalue weighted by Gasteiger charge is -2.29. The third-order valence-corrected chi connectivity index (χ3v) is 11.0. The van der Waals surface area contributed by atoms with E-state index in [1.807, 2.05) is 27.2 Å². The summed E-state index contributed by atoms with van der Waals surface area (Å²) >= 11 is 0. The lowest BCUT2D eigenvalue weighted by molar-refractivity contribution is -0.870. The van der Waals surface area contributed by atoms with Gasteiger partial charge in [0.2, 0.25) is 5.91 Å². The number of phosphoric acid groups is 1. The molecule has 0 aromatic carbocycles. The fourth-order valence-corrected chi connectivity index (χ4v) is 7.14. The van der Waals surface area contributed by atoms with Crippen LogP contribution in [0, 0.1) is 0 Å². The molecule has 0 aromatic heterocycles. The van der Waals surface area contributed by atoms with Gasteiger partial charge in [-0.3, -0.25) is 9.36 Å². The quantitative estimate of drug-likeness (QED) is 0.0276. The minimum Gasteiger partial charge on any atom is -0.756 e. The summed E-state index contributed by atoms with van der Waals surface area (Å²) in [4.78, 5) is 25.3. The molecule has 0 aromatic rings. The number of likely N-dealkylation sites (N-methyl/N-ethyl adjacent to an activating group) is 1. The van der Waals surface area contributed by atoms with Crippen molar-refractivity contribution in [3.8, 4) is 0 Å². The largest absolute Gasteiger partial charge is 0.756 e. The molecule has 2 N–H and O–H groups in total. The molecular weight excluding hydrogens is 707 g/mol. The van der Waals surface area contributed by atoms with E-state index in [-0.39, 0.29) is 12.5 Å². The molecule has 0 fully saturated rings. The molecule has 3 atom stereocenters. The highest BCUT2D eigenvalue weighted by Crippen LogP contribution is 2.38. The van der Waals surface area contributed by atoms with Crippen LogP contribution in [0.2, 0.25) is 0 Å². The fourth-order valence-electron chi connectivity index (χ4n) is 6.42. The molecule has 0 saturated carbocycles. The molecule has 0 radical (unpaired) electrons. The van der Waals surface area contributed by atoms with Crippen molar-refractivity contribution in [1.82, 2.24) is 5.32 Å². The average molecular weight is 797 g/mol. The Labute approximate surface area is 340 Å². The summed E-state index contributed by atoms with van der Waals surface area (Å²) in [5, 5.41) is 13.8. The first-order chi connectivity index (χ1) is 26.5. The van der Waals surface area contributed by atoms with Crippen LogP contribution in [0.1, 0.15) is 200 Å². The Morgan fingerprint density at radius 1 is 0.618 bits per heavy atom. The van der Waals surface area contributed by atoms with E-state index in [9.17, 15) is 19.4 Å². The number of aliphatic hydroxyl groups excluding tert-OH is 1. The zero-order chi connectivity index (χ0) is 40.7. The third kappa shape index (κ3) is 40.7. The first-order valence-electron chi connectivity index (χ1n) is 22.9. The van der Waals surface area contributed by atoms with Gasteiger partial charge in [-0.05, 0) is 44.9 Å². The van der Waals surface area contributed by atoms with Crippen LogP contribution in [-0.2, 0) is 18.4 Å². The predicted octanol–water partition coefficient (Wildman–Crippen LogP) is 12.1. The van der Waals surface area contributed by atoms with Crippen molar-refractivity contribution < 1.29 is 32.9 Å². The van der Waals surface area contributed by atoms with Crippen LogP contribution >= 0.6 is 7.82 Å². The molecule has 0 aliphatic carbocycles. The average Bonchev–Trinajstić information content (AvgIpc) is 3.13. The van der Waals surface area contributed by atoms with Crippen molar-refractivity contribution in [2.75, 3.05) is 40.9 Å². The number of nitrogens with one attached hydrogen (secondary N) is 1. The SMILES string of the molecule is CCCCCCCCCCC/C=C/CC/C=C/CC/C=C/C(O)C(COP(=O)([O-])OCC[N+](C)(C)C)NC(=O)CCCCCCCCCCCCCCCC. The second kappa shape index (κ2) is 38.2. The molecule has 324 valence electrons. The van der Waals surface area contributed by atoms with E-state index in [0.29, 0.717) is 17.4 Å². The van der Waals surface area contributed by atoms with Gasteiger partial charge in [0, 0.05) is 6.42 Å². The predicted molar refractivity (Wildman–Crippen MR) is 233 cm³/mol. The molecule has 0 spiro atoms. The number of hydrogen-bond acceptors (Lipinski definition) is 6. The molecule has 0 aliphatic heterocycles. The van der Waals surface area contributed by atoms with Crippen LogP contribution in [0.5, 0.6) is 0 Å². The fraction of sp³-hybridized carbons (Fsp3) is 0.848. The molecule has 0 rings (SSSR count). The first-order valence-corrected chi connectivity index (χ1v) is 24.3. The van der Waals surface area contributed by atoms with E-state index in [1.54, 1.807) is 6.08 Å². The molecule has 0 bridgehead atoms. The second-order valence-corrected chi connectivity index (χ2v) is 18.2. The van der Waals surface area contributed by atoms with Gasteiger partial charge in [-0.1, -0.05) is 185 Å². The van der Waals surface area contributed by atoms with Crippen LogP contribution < -0.4 is 10.2 Å². The van der Waals surface area contributed by atoms with Crippen molar-refractivity contribution in [3.05, 3.63) is 36.5 Å². The molecule has 0 heterocycles. The van der Waals surface area contributed by atoms with Crippen molar-refractivity contribution in [2.24, 2.45) is 0 Å². The Bertz CT molecular complexity index is 995. The van der Waals surface area contributed by atoms with Gasteiger partial charge in [0.25, 0.3) is 7.82 Å². The molecule has 3 unspecified atom stereocenters. The molecular formula is C46H89N2O6P. The number of amides is 1. The highest BCUT2D eigenvalue weighted by Gasteiger charge is 2.23. The number of allylic oxidation sites excluding steroid dienone is 5. The minimum atomic E-state index is -4.60. The number of carbonyl (C=O) groups is 1. The van der Waals surface area contributed by atoms with Crippen molar-refractivity contribution in [3.63, 3.8) is 0 Å². The van der Waals surface area contributed by atoms with Crippen LogP contribution in [0.15, 0.2) is 36.5 Å². The van der Waals surface area contributed by atoms with Gasteiger partial charge >= 0.3 is 0 Å². The second-order valence-electron chi connectivity index (χ2n) is 16.7. The van der Waals surface area contributed by atoms with E-state index in [4.69, 9.17) is 9.05 Å². The van der Waals surface area contributed by atoms with E-state index in [0.717, 1.165) is 44.9 Å². The van der Waals surface area contributed by atoms with Gasteiger partial charge in [-0.15, -0.1) is 0 Å². The standard InChI is InChI=1S/C46H89N2O6P/c1-6-8-10-12-14-16-18-20-22-23-24-25-26-27-29-31-33-35-37-39-45(49)44(43-54-55(51,52)53-42-41-48(3,4)5)47-46(50)40-38-36-34-32-30-28-21-19-17-15-13-11-9-7-2/h24-25,29,31,37,39,44-45,49H,6-23,26-28,30,32-36,38,40-43H2,1-5H3,(H-,47,50,51,52)/b25-24+,31-29+,39-37+. The molecule has 0 saturated heterocycles. The summed E-state index contributed by atoms with van der Waals surface area (Å²) in [5.41, 5.74) is 0. The Kier molecular flexibility index (Phi) is 37.4. The Morgan fingerprint density at radius 3 is 1.47 bits per heavy atom. The highest BCUT2D eigenvalue weighted by molar-refractivity contribution is 7.45. The maximum atomic E-state index is 12.8. The van der Waals surface area contributed by atoms with E-state index < -0.39 is 26.6 Å². The molecule has 9 heteroatoms. The number of hydrogen-bond donors (Lipinski definition) is 2. The van der Waals surface area contributed by atoms with Crippen LogP contribution in [-0.4, -0.2) is 68.5 Å². The van der Waals surface area contributed by atoms with Crippen LogP contribution in [0.3, 0.4) is 0 Å². The zero-order valence-corrected chi connectivity index (χ0v) is 37.5. The molecule has 0 aliphatic rings. The molecule has 8 nitrogen and oxygen atoms in total. The monoisotopic (exact) mass is 797 g/mol. The van der Waals surface area contributed by atoms with Crippen LogP contribution in [0.25, 0.3) is 0 Å². The number of carbonyl (C=O) groups excluding carboxylic acids is 1. The lowest BCUT2D eigenvalue weighted by atomic mass is 10.0. The van der Waals surface area contributed by atoms with Gasteiger partial charge in [0.05, 0.1) is 39.9 Å². The third-order valence-electron chi connectivity index (χ3n) is 10.1. The summed E-state index contributed by atoms with van der Waals surface area (Å²) < 4.78 is 23.2. The van der Waals surface area contributed by atoms with Crippen molar-refractivity contribution >= 4 is 13.7 Å². The summed E-state index contributed by atoms with van der Waals surface area (Å²) in [7, 11) is 1.24. The Morgan fingerprint density at radius 2 is 1.02 bits per heavy atom. The number of unbranched alkanes of at least 4 members (excludes halogenated alkanes) is 24. The summed E-state index contributed by atoms with van der Waals surface area (Å²) in [5.74, 6) is -0.211. The maximum Gasteiger partial charge on any atom is 0.268 e. The van der Waals surface area contributed by atoms with Gasteiger partial charge in [-0.25, -0.2) is 0 Å². The number of nitrogens with zero attached hydrogens (tertiary/aromatic N) is 1. The summed E-state index contributed by atoms with van der Waals surface area (Å²) in [6, 6.07) is -0.905. The lowest BCUT2D eigenvalue weighted by Crippen LogP contribution is -2.45. The zero-order valence-electron chi connectivity index (χ0n) is 36.6. The smallest absolute Gasteiger partial charge is 0.268 e. The number of rotatable bonds is 41. The van der Waals surface area contributed by atoms with Gasteiger partial charge in [-0.2, -0.15) is 0 Å². The topological polar surface area (TPSA) is 108 Å². The van der Waals surface area contributed by atoms with E-state index >= 15 is 0 Å². The van der Waals surface area contributed by atoms with Crippen LogP contribution in [0.4, 0.5) is 0 Å². The number of aliphatic hydroxyl groups is 1. The Hall–Kier alpha value is -1.28. The van der Waals surface area contributed by atoms with Gasteiger partial charge in [0.1, 0.15) is 13.2 Å². The number of phosphoric ester groups is 1. The molecule has 1 amide bonds. The summed E-state index contributed by atoms with van der Waals surface area (Å²) in [6.45, 7) is 4.61. The minimum absolute atomic E-state index is 0.00789. The van der Waals surface area contributed by atoms with Gasteiger partial charge in [0.15, 0.2) is 0 Å². The highest BCUT2D eigenvalue weighted by atomic mass is 31.2. The normalized spacial score (nSPS) is 14.7. The first kappa shape index (κ1) is 53.7.